The highest BCUT2D eigenvalue weighted by Gasteiger charge is 2.54. The van der Waals surface area contributed by atoms with Crippen molar-refractivity contribution in [3.63, 3.8) is 0 Å². The molecule has 0 aliphatic carbocycles. The first-order chi connectivity index (χ1) is 5.70. The quantitative estimate of drug-likeness (QED) is 0.726. The highest BCUT2D eigenvalue weighted by Crippen LogP contribution is 2.46. The van der Waals surface area contributed by atoms with E-state index in [0.717, 1.165) is 6.54 Å². The van der Waals surface area contributed by atoms with Crippen molar-refractivity contribution < 1.29 is 4.79 Å². The van der Waals surface area contributed by atoms with Gasteiger partial charge in [0.15, 0.2) is 0 Å². The molecule has 0 aromatic rings. The van der Waals surface area contributed by atoms with Crippen molar-refractivity contribution in [2.45, 2.75) is 46.2 Å². The molecule has 1 heterocycles. The van der Waals surface area contributed by atoms with Crippen LogP contribution in [0.1, 0.15) is 34.6 Å². The summed E-state index contributed by atoms with van der Waals surface area (Å²) in [7, 11) is 0. The molecular formula is C10H21ClN2O. The lowest BCUT2D eigenvalue weighted by atomic mass is 9.65. The molecule has 0 saturated carbocycles. The highest BCUT2D eigenvalue weighted by atomic mass is 35.5. The van der Waals surface area contributed by atoms with Gasteiger partial charge in [0, 0.05) is 17.5 Å². The van der Waals surface area contributed by atoms with Crippen molar-refractivity contribution in [1.82, 2.24) is 4.90 Å². The summed E-state index contributed by atoms with van der Waals surface area (Å²) in [6, 6.07) is -0.379. The summed E-state index contributed by atoms with van der Waals surface area (Å²) in [5.41, 5.74) is 5.71. The first-order valence-corrected chi connectivity index (χ1v) is 4.77. The number of carbonyl (C=O) groups excluding carboxylic acids is 1. The van der Waals surface area contributed by atoms with Crippen molar-refractivity contribution in [3.8, 4) is 0 Å². The second kappa shape index (κ2) is 3.70. The Morgan fingerprint density at radius 2 is 1.79 bits per heavy atom. The first-order valence-electron chi connectivity index (χ1n) is 4.77. The van der Waals surface area contributed by atoms with Crippen molar-refractivity contribution in [2.24, 2.45) is 11.1 Å². The van der Waals surface area contributed by atoms with E-state index < -0.39 is 0 Å². The number of carbonyl (C=O) groups is 1. The third-order valence-electron chi connectivity index (χ3n) is 3.54. The summed E-state index contributed by atoms with van der Waals surface area (Å²) < 4.78 is 0. The van der Waals surface area contributed by atoms with Crippen LogP contribution in [0.2, 0.25) is 0 Å². The fourth-order valence-corrected chi connectivity index (χ4v) is 1.66. The van der Waals surface area contributed by atoms with Gasteiger partial charge in [-0.05, 0) is 20.8 Å². The molecule has 0 unspecified atom stereocenters. The van der Waals surface area contributed by atoms with E-state index in [0.29, 0.717) is 0 Å². The van der Waals surface area contributed by atoms with Crippen LogP contribution >= 0.6 is 12.4 Å². The van der Waals surface area contributed by atoms with Gasteiger partial charge in [-0.15, -0.1) is 12.4 Å². The average Bonchev–Trinajstić information content (AvgIpc) is 1.98. The summed E-state index contributed by atoms with van der Waals surface area (Å²) in [5.74, 6) is 0.0596. The summed E-state index contributed by atoms with van der Waals surface area (Å²) in [6.07, 6.45) is 0. The van der Waals surface area contributed by atoms with Crippen LogP contribution in [0, 0.1) is 5.41 Å². The van der Waals surface area contributed by atoms with Gasteiger partial charge in [-0.1, -0.05) is 13.8 Å². The number of hydrogen-bond donors (Lipinski definition) is 1. The van der Waals surface area contributed by atoms with E-state index in [1.807, 2.05) is 4.90 Å². The van der Waals surface area contributed by atoms with Gasteiger partial charge < -0.3 is 10.6 Å². The third-order valence-corrected chi connectivity index (χ3v) is 3.54. The van der Waals surface area contributed by atoms with Gasteiger partial charge in [0.25, 0.3) is 0 Å². The van der Waals surface area contributed by atoms with Crippen molar-refractivity contribution in [1.29, 1.82) is 0 Å². The van der Waals surface area contributed by atoms with Crippen LogP contribution in [0.5, 0.6) is 0 Å². The first kappa shape index (κ1) is 13.7. The number of nitrogens with zero attached hydrogens (tertiary/aromatic N) is 1. The molecule has 0 radical (unpaired) electrons. The molecule has 1 aliphatic heterocycles. The maximum atomic E-state index is 11.6. The largest absolute Gasteiger partial charge is 0.335 e. The lowest BCUT2D eigenvalue weighted by molar-refractivity contribution is -0.168. The van der Waals surface area contributed by atoms with Crippen LogP contribution in [-0.2, 0) is 4.79 Å². The molecule has 0 aromatic carbocycles. The molecule has 84 valence electrons. The smallest absolute Gasteiger partial charge is 0.239 e. The van der Waals surface area contributed by atoms with Crippen LogP contribution < -0.4 is 5.73 Å². The predicted molar refractivity (Wildman–Crippen MR) is 60.5 cm³/mol. The van der Waals surface area contributed by atoms with Crippen LogP contribution in [-0.4, -0.2) is 28.9 Å². The number of rotatable bonds is 1. The molecule has 3 nitrogen and oxygen atoms in total. The molecule has 1 rings (SSSR count). The van der Waals surface area contributed by atoms with E-state index >= 15 is 0 Å². The minimum absolute atomic E-state index is 0. The van der Waals surface area contributed by atoms with Gasteiger partial charge in [-0.2, -0.15) is 0 Å². The number of amides is 1. The zero-order valence-corrected chi connectivity index (χ0v) is 10.4. The molecule has 1 saturated heterocycles. The Balaban J connectivity index is 0.00000169. The number of halogens is 1. The second-order valence-corrected chi connectivity index (χ2v) is 5.16. The minimum atomic E-state index is -0.379. The molecule has 0 bridgehead atoms. The number of nitrogens with two attached hydrogens (primary N) is 1. The van der Waals surface area contributed by atoms with Crippen molar-refractivity contribution in [3.05, 3.63) is 0 Å². The van der Waals surface area contributed by atoms with Crippen LogP contribution in [0.15, 0.2) is 0 Å². The minimum Gasteiger partial charge on any atom is -0.335 e. The Kier molecular flexibility index (Phi) is 3.63. The Morgan fingerprint density at radius 1 is 1.36 bits per heavy atom. The summed E-state index contributed by atoms with van der Waals surface area (Å²) in [4.78, 5) is 13.5. The molecule has 0 spiro atoms. The van der Waals surface area contributed by atoms with E-state index in [9.17, 15) is 4.79 Å². The molecule has 0 aromatic heterocycles. The van der Waals surface area contributed by atoms with Crippen molar-refractivity contribution >= 4 is 18.3 Å². The molecule has 1 aliphatic rings. The Bertz CT molecular complexity index is 236. The molecular weight excluding hydrogens is 200 g/mol. The summed E-state index contributed by atoms with van der Waals surface area (Å²) in [5, 5.41) is 0. The maximum absolute atomic E-state index is 11.6. The van der Waals surface area contributed by atoms with E-state index in [-0.39, 0.29) is 35.3 Å². The monoisotopic (exact) mass is 220 g/mol. The van der Waals surface area contributed by atoms with E-state index in [1.54, 1.807) is 6.92 Å². The van der Waals surface area contributed by atoms with Gasteiger partial charge in [0.2, 0.25) is 5.91 Å². The van der Waals surface area contributed by atoms with E-state index in [4.69, 9.17) is 5.73 Å². The second-order valence-electron chi connectivity index (χ2n) is 5.16. The van der Waals surface area contributed by atoms with Gasteiger partial charge in [-0.25, -0.2) is 0 Å². The Morgan fingerprint density at radius 3 is 2.00 bits per heavy atom. The van der Waals surface area contributed by atoms with Crippen LogP contribution in [0.25, 0.3) is 0 Å². The average molecular weight is 221 g/mol. The fourth-order valence-electron chi connectivity index (χ4n) is 1.66. The lowest BCUT2D eigenvalue weighted by Gasteiger charge is -2.61. The summed E-state index contributed by atoms with van der Waals surface area (Å²) in [6.45, 7) is 11.1. The van der Waals surface area contributed by atoms with Gasteiger partial charge in [0.05, 0.1) is 6.04 Å². The van der Waals surface area contributed by atoms with Gasteiger partial charge in [-0.3, -0.25) is 4.79 Å². The molecule has 1 amide bonds. The standard InChI is InChI=1S/C10H20N2O.ClH/c1-7(11)8(13)12-6-9(2,3)10(12,4)5;/h7H,6,11H2,1-5H3;1H/t7-;/m1./s1. The number of likely N-dealkylation sites (tertiary alicyclic amines) is 1. The van der Waals surface area contributed by atoms with Gasteiger partial charge >= 0.3 is 0 Å². The topological polar surface area (TPSA) is 46.3 Å². The lowest BCUT2D eigenvalue weighted by Crippen LogP contribution is -2.72. The number of hydrogen-bond acceptors (Lipinski definition) is 2. The molecule has 1 atom stereocenters. The highest BCUT2D eigenvalue weighted by molar-refractivity contribution is 5.85. The van der Waals surface area contributed by atoms with Crippen LogP contribution in [0.4, 0.5) is 0 Å². The maximum Gasteiger partial charge on any atom is 0.239 e. The zero-order valence-electron chi connectivity index (χ0n) is 9.63. The molecule has 14 heavy (non-hydrogen) atoms. The normalized spacial score (nSPS) is 24.6. The van der Waals surface area contributed by atoms with Crippen LogP contribution in [0.3, 0.4) is 0 Å². The predicted octanol–water partition coefficient (Wildman–Crippen LogP) is 1.40. The van der Waals surface area contributed by atoms with Gasteiger partial charge in [0.1, 0.15) is 0 Å². The molecule has 1 fully saturated rings. The van der Waals surface area contributed by atoms with E-state index in [1.165, 1.54) is 0 Å². The zero-order chi connectivity index (χ0) is 10.4. The molecule has 4 heteroatoms. The molecule has 2 N–H and O–H groups in total. The van der Waals surface area contributed by atoms with Crippen molar-refractivity contribution in [2.75, 3.05) is 6.54 Å². The fraction of sp³-hybridized carbons (Fsp3) is 0.900. The Hall–Kier alpha value is -0.280. The summed E-state index contributed by atoms with van der Waals surface area (Å²) >= 11 is 0. The van der Waals surface area contributed by atoms with E-state index in [2.05, 4.69) is 27.7 Å². The SMILES string of the molecule is C[C@@H](N)C(=O)N1CC(C)(C)C1(C)C.Cl. The Labute approximate surface area is 92.4 Å². The third kappa shape index (κ3) is 1.75.